The van der Waals surface area contributed by atoms with E-state index in [0.717, 1.165) is 37.0 Å². The molecule has 2 aromatic rings. The van der Waals surface area contributed by atoms with Crippen molar-refractivity contribution in [2.75, 3.05) is 12.4 Å². The Morgan fingerprint density at radius 2 is 1.67 bits per heavy atom. The van der Waals surface area contributed by atoms with Crippen molar-refractivity contribution >= 4 is 27.5 Å². The molecule has 0 aromatic heterocycles. The van der Waals surface area contributed by atoms with Gasteiger partial charge in [0.15, 0.2) is 9.84 Å². The Bertz CT molecular complexity index is 910. The van der Waals surface area contributed by atoms with Gasteiger partial charge in [0, 0.05) is 11.8 Å². The molecule has 1 saturated carbocycles. The second-order valence-corrected chi connectivity index (χ2v) is 8.80. The fraction of sp³-hybridized carbons (Fsp3) is 0.286. The number of carbonyl (C=O) groups is 1. The van der Waals surface area contributed by atoms with Crippen LogP contribution in [0, 0.1) is 0 Å². The lowest BCUT2D eigenvalue weighted by Gasteiger charge is -2.11. The summed E-state index contributed by atoms with van der Waals surface area (Å²) in [6.07, 6.45) is 6.55. The molecule has 0 aliphatic heterocycles. The monoisotopic (exact) mass is 385 g/mol. The van der Waals surface area contributed by atoms with Gasteiger partial charge in [0.25, 0.3) is 0 Å². The Hall–Kier alpha value is -2.60. The summed E-state index contributed by atoms with van der Waals surface area (Å²) in [6, 6.07) is 13.7. The number of nitrogens with one attached hydrogen (secondary N) is 1. The van der Waals surface area contributed by atoms with Crippen LogP contribution in [-0.4, -0.2) is 26.7 Å². The van der Waals surface area contributed by atoms with Crippen LogP contribution >= 0.6 is 0 Å². The van der Waals surface area contributed by atoms with Crippen molar-refractivity contribution in [3.63, 3.8) is 0 Å². The Balaban J connectivity index is 1.61. The molecule has 1 aliphatic carbocycles. The van der Waals surface area contributed by atoms with E-state index in [2.05, 4.69) is 5.32 Å². The number of anilines is 1. The summed E-state index contributed by atoms with van der Waals surface area (Å²) in [4.78, 5) is 12.4. The normalized spacial score (nSPS) is 15.1. The Morgan fingerprint density at radius 1 is 1.04 bits per heavy atom. The minimum atomic E-state index is -3.27. The molecule has 2 aromatic carbocycles. The number of methoxy groups -OCH3 is 1. The molecule has 6 heteroatoms. The second kappa shape index (κ2) is 8.39. The molecule has 0 unspecified atom stereocenters. The van der Waals surface area contributed by atoms with Gasteiger partial charge in [-0.2, -0.15) is 0 Å². The molecule has 0 radical (unpaired) electrons. The molecule has 3 rings (SSSR count). The van der Waals surface area contributed by atoms with Gasteiger partial charge in [-0.15, -0.1) is 0 Å². The lowest BCUT2D eigenvalue weighted by atomic mass is 10.2. The van der Waals surface area contributed by atoms with Crippen LogP contribution in [0.4, 0.5) is 5.69 Å². The molecule has 1 fully saturated rings. The van der Waals surface area contributed by atoms with Gasteiger partial charge in [-0.1, -0.05) is 25.0 Å². The maximum absolute atomic E-state index is 12.6. The summed E-state index contributed by atoms with van der Waals surface area (Å²) in [5.41, 5.74) is 1.44. The summed E-state index contributed by atoms with van der Waals surface area (Å²) in [7, 11) is -1.67. The first kappa shape index (κ1) is 19.2. The van der Waals surface area contributed by atoms with Crippen molar-refractivity contribution < 1.29 is 17.9 Å². The van der Waals surface area contributed by atoms with Crippen LogP contribution in [-0.2, 0) is 14.6 Å². The molecule has 1 amide bonds. The van der Waals surface area contributed by atoms with Crippen LogP contribution in [0.2, 0.25) is 0 Å². The molecule has 142 valence electrons. The number of ether oxygens (including phenoxy) is 1. The molecule has 1 aliphatic rings. The minimum absolute atomic E-state index is 0.273. The maximum Gasteiger partial charge on any atom is 0.248 e. The smallest absolute Gasteiger partial charge is 0.248 e. The van der Waals surface area contributed by atoms with Crippen molar-refractivity contribution in [1.29, 1.82) is 0 Å². The number of hydrogen-bond acceptors (Lipinski definition) is 4. The molecule has 0 saturated heterocycles. The standard InChI is InChI=1S/C21H23NO4S/c1-26-18-11-6-16(7-12-18)8-15-21(23)22-17-9-13-20(14-10-17)27(24,25)19-4-2-3-5-19/h6-15,19H,2-5H2,1H3,(H,22,23)/b15-8+. The number of hydrogen-bond donors (Lipinski definition) is 1. The zero-order valence-corrected chi connectivity index (χ0v) is 16.0. The zero-order valence-electron chi connectivity index (χ0n) is 15.2. The molecule has 0 atom stereocenters. The molecular formula is C21H23NO4S. The molecule has 5 nitrogen and oxygen atoms in total. The van der Waals surface area contributed by atoms with E-state index in [9.17, 15) is 13.2 Å². The van der Waals surface area contributed by atoms with E-state index in [1.54, 1.807) is 37.5 Å². The highest BCUT2D eigenvalue weighted by Crippen LogP contribution is 2.30. The Kier molecular flexibility index (Phi) is 5.96. The van der Waals surface area contributed by atoms with Crippen LogP contribution in [0.25, 0.3) is 6.08 Å². The van der Waals surface area contributed by atoms with E-state index in [4.69, 9.17) is 4.74 Å². The van der Waals surface area contributed by atoms with E-state index in [1.807, 2.05) is 24.3 Å². The van der Waals surface area contributed by atoms with Crippen LogP contribution in [0.1, 0.15) is 31.2 Å². The van der Waals surface area contributed by atoms with Crippen LogP contribution < -0.4 is 10.1 Å². The SMILES string of the molecule is COc1ccc(/C=C/C(=O)Nc2ccc(S(=O)(=O)C3CCCC3)cc2)cc1. The van der Waals surface area contributed by atoms with Crippen molar-refractivity contribution in [1.82, 2.24) is 0 Å². The molecule has 0 spiro atoms. The Morgan fingerprint density at radius 3 is 2.26 bits per heavy atom. The van der Waals surface area contributed by atoms with Crippen LogP contribution in [0.3, 0.4) is 0 Å². The van der Waals surface area contributed by atoms with Crippen molar-refractivity contribution in [2.24, 2.45) is 0 Å². The summed E-state index contributed by atoms with van der Waals surface area (Å²) in [6.45, 7) is 0. The topological polar surface area (TPSA) is 72.5 Å². The third kappa shape index (κ3) is 4.77. The number of rotatable bonds is 6. The van der Waals surface area contributed by atoms with Crippen molar-refractivity contribution in [3.05, 3.63) is 60.2 Å². The summed E-state index contributed by atoms with van der Waals surface area (Å²) >= 11 is 0. The van der Waals surface area contributed by atoms with Crippen molar-refractivity contribution in [3.8, 4) is 5.75 Å². The van der Waals surface area contributed by atoms with Gasteiger partial charge in [0.05, 0.1) is 17.3 Å². The van der Waals surface area contributed by atoms with Gasteiger partial charge >= 0.3 is 0 Å². The highest BCUT2D eigenvalue weighted by molar-refractivity contribution is 7.92. The number of amides is 1. The summed E-state index contributed by atoms with van der Waals surface area (Å²) in [5, 5.41) is 2.46. The average molecular weight is 385 g/mol. The molecule has 1 N–H and O–H groups in total. The van der Waals surface area contributed by atoms with Gasteiger partial charge in [-0.05, 0) is 60.9 Å². The van der Waals surface area contributed by atoms with E-state index in [0.29, 0.717) is 10.6 Å². The first-order valence-corrected chi connectivity index (χ1v) is 10.5. The Labute approximate surface area is 160 Å². The number of sulfone groups is 1. The van der Waals surface area contributed by atoms with E-state index >= 15 is 0 Å². The second-order valence-electron chi connectivity index (χ2n) is 6.57. The number of benzene rings is 2. The maximum atomic E-state index is 12.6. The largest absolute Gasteiger partial charge is 0.497 e. The summed E-state index contributed by atoms with van der Waals surface area (Å²) in [5.74, 6) is 0.474. The van der Waals surface area contributed by atoms with Gasteiger partial charge in [0.1, 0.15) is 5.75 Å². The van der Waals surface area contributed by atoms with Crippen LogP contribution in [0.15, 0.2) is 59.5 Å². The minimum Gasteiger partial charge on any atom is -0.497 e. The van der Waals surface area contributed by atoms with Gasteiger partial charge in [0.2, 0.25) is 5.91 Å². The summed E-state index contributed by atoms with van der Waals surface area (Å²) < 4.78 is 30.2. The quantitative estimate of drug-likeness (QED) is 0.761. The fourth-order valence-electron chi connectivity index (χ4n) is 3.19. The average Bonchev–Trinajstić information content (AvgIpc) is 3.23. The molecule has 27 heavy (non-hydrogen) atoms. The first-order valence-electron chi connectivity index (χ1n) is 8.96. The third-order valence-electron chi connectivity index (χ3n) is 4.73. The zero-order chi connectivity index (χ0) is 19.3. The highest BCUT2D eigenvalue weighted by Gasteiger charge is 2.30. The lowest BCUT2D eigenvalue weighted by Crippen LogP contribution is -2.17. The molecule has 0 bridgehead atoms. The fourth-order valence-corrected chi connectivity index (χ4v) is 5.04. The van der Waals surface area contributed by atoms with Crippen LogP contribution in [0.5, 0.6) is 5.75 Å². The van der Waals surface area contributed by atoms with Gasteiger partial charge in [-0.25, -0.2) is 8.42 Å². The highest BCUT2D eigenvalue weighted by atomic mass is 32.2. The number of carbonyl (C=O) groups excluding carboxylic acids is 1. The van der Waals surface area contributed by atoms with Crippen molar-refractivity contribution in [2.45, 2.75) is 35.8 Å². The molecular weight excluding hydrogens is 362 g/mol. The van der Waals surface area contributed by atoms with E-state index < -0.39 is 9.84 Å². The lowest BCUT2D eigenvalue weighted by molar-refractivity contribution is -0.111. The van der Waals surface area contributed by atoms with E-state index in [1.165, 1.54) is 6.08 Å². The van der Waals surface area contributed by atoms with E-state index in [-0.39, 0.29) is 11.2 Å². The third-order valence-corrected chi connectivity index (χ3v) is 7.01. The predicted octanol–water partition coefficient (Wildman–Crippen LogP) is 4.06. The predicted molar refractivity (Wildman–Crippen MR) is 107 cm³/mol. The first-order chi connectivity index (χ1) is 13.0. The van der Waals surface area contributed by atoms with Gasteiger partial charge < -0.3 is 10.1 Å². The molecule has 0 heterocycles. The van der Waals surface area contributed by atoms with Gasteiger partial charge in [-0.3, -0.25) is 4.79 Å².